The third-order valence-corrected chi connectivity index (χ3v) is 4.53. The predicted octanol–water partition coefficient (Wildman–Crippen LogP) is 0.400. The Hall–Kier alpha value is -1.37. The van der Waals surface area contributed by atoms with Crippen LogP contribution in [0.1, 0.15) is 34.9 Å². The van der Waals surface area contributed by atoms with Crippen molar-refractivity contribution in [3.63, 3.8) is 0 Å². The highest BCUT2D eigenvalue weighted by atomic mass is 32.2. The minimum atomic E-state index is -2.88. The van der Waals surface area contributed by atoms with Gasteiger partial charge < -0.3 is 5.11 Å². The molecule has 1 aliphatic heterocycles. The van der Waals surface area contributed by atoms with Crippen LogP contribution >= 0.6 is 0 Å². The molecule has 0 amide bonds. The summed E-state index contributed by atoms with van der Waals surface area (Å²) in [6, 6.07) is 1.48. The van der Waals surface area contributed by atoms with Gasteiger partial charge in [-0.15, -0.1) is 0 Å². The van der Waals surface area contributed by atoms with E-state index in [0.717, 1.165) is 0 Å². The second-order valence-electron chi connectivity index (χ2n) is 3.94. The SMILES string of the molecule is O=C(O)c1cc(C2CCS(=O)(=O)CC2)[nH]n1. The molecule has 1 fully saturated rings. The molecule has 0 unspecified atom stereocenters. The number of sulfone groups is 1. The number of hydrogen-bond acceptors (Lipinski definition) is 4. The third kappa shape index (κ3) is 2.24. The molecule has 1 aromatic heterocycles. The van der Waals surface area contributed by atoms with Crippen LogP contribution in [0.25, 0.3) is 0 Å². The van der Waals surface area contributed by atoms with Crippen LogP contribution in [-0.4, -0.2) is 41.2 Å². The van der Waals surface area contributed by atoms with Crippen LogP contribution in [0.4, 0.5) is 0 Å². The number of H-pyrrole nitrogens is 1. The second kappa shape index (κ2) is 3.89. The average Bonchev–Trinajstić information content (AvgIpc) is 2.66. The fourth-order valence-corrected chi connectivity index (χ4v) is 3.35. The molecule has 2 N–H and O–H groups in total. The molecule has 0 aromatic carbocycles. The Morgan fingerprint density at radius 3 is 2.56 bits per heavy atom. The third-order valence-electron chi connectivity index (χ3n) is 2.81. The van der Waals surface area contributed by atoms with Crippen LogP contribution in [-0.2, 0) is 9.84 Å². The van der Waals surface area contributed by atoms with E-state index in [0.29, 0.717) is 18.5 Å². The summed E-state index contributed by atoms with van der Waals surface area (Å²) in [4.78, 5) is 10.6. The maximum absolute atomic E-state index is 11.2. The summed E-state index contributed by atoms with van der Waals surface area (Å²) in [5, 5.41) is 15.0. The van der Waals surface area contributed by atoms with Crippen molar-refractivity contribution in [3.05, 3.63) is 17.5 Å². The first-order valence-corrected chi connectivity index (χ1v) is 6.79. The molecule has 0 atom stereocenters. The van der Waals surface area contributed by atoms with Gasteiger partial charge in [-0.3, -0.25) is 5.10 Å². The highest BCUT2D eigenvalue weighted by Gasteiger charge is 2.26. The van der Waals surface area contributed by atoms with Crippen LogP contribution in [0, 0.1) is 0 Å². The molecule has 16 heavy (non-hydrogen) atoms. The lowest BCUT2D eigenvalue weighted by molar-refractivity contribution is 0.0690. The first-order valence-electron chi connectivity index (χ1n) is 4.97. The summed E-state index contributed by atoms with van der Waals surface area (Å²) in [6.45, 7) is 0. The Balaban J connectivity index is 2.11. The maximum atomic E-state index is 11.2. The van der Waals surface area contributed by atoms with Gasteiger partial charge in [-0.1, -0.05) is 0 Å². The van der Waals surface area contributed by atoms with Gasteiger partial charge in [0.1, 0.15) is 9.84 Å². The Morgan fingerprint density at radius 2 is 2.06 bits per heavy atom. The molecule has 0 saturated carbocycles. The van der Waals surface area contributed by atoms with Gasteiger partial charge in [0.15, 0.2) is 5.69 Å². The number of aromatic carboxylic acids is 1. The van der Waals surface area contributed by atoms with Crippen molar-refractivity contribution in [1.29, 1.82) is 0 Å². The Labute approximate surface area is 92.6 Å². The molecular formula is C9H12N2O4S. The van der Waals surface area contributed by atoms with Crippen molar-refractivity contribution in [1.82, 2.24) is 10.2 Å². The molecule has 7 heteroatoms. The summed E-state index contributed by atoms with van der Waals surface area (Å²) in [6.07, 6.45) is 1.06. The average molecular weight is 244 g/mol. The van der Waals surface area contributed by atoms with Crippen LogP contribution < -0.4 is 0 Å². The lowest BCUT2D eigenvalue weighted by atomic mass is 9.99. The van der Waals surface area contributed by atoms with Gasteiger partial charge in [0.2, 0.25) is 0 Å². The summed E-state index contributed by atoms with van der Waals surface area (Å²) < 4.78 is 22.4. The quantitative estimate of drug-likeness (QED) is 0.784. The van der Waals surface area contributed by atoms with E-state index in [9.17, 15) is 13.2 Å². The standard InChI is InChI=1S/C9H12N2O4S/c12-9(13)8-5-7(10-11-8)6-1-3-16(14,15)4-2-6/h5-6H,1-4H2,(H,10,11)(H,12,13). The molecule has 0 aliphatic carbocycles. The lowest BCUT2D eigenvalue weighted by Crippen LogP contribution is -2.22. The predicted molar refractivity (Wildman–Crippen MR) is 56.2 cm³/mol. The second-order valence-corrected chi connectivity index (χ2v) is 6.24. The van der Waals surface area contributed by atoms with E-state index in [4.69, 9.17) is 5.11 Å². The van der Waals surface area contributed by atoms with Crippen molar-refractivity contribution in [2.45, 2.75) is 18.8 Å². The molecule has 1 aromatic rings. The van der Waals surface area contributed by atoms with Crippen LogP contribution in [0.15, 0.2) is 6.07 Å². The van der Waals surface area contributed by atoms with E-state index in [1.807, 2.05) is 0 Å². The van der Waals surface area contributed by atoms with Crippen molar-refractivity contribution in [3.8, 4) is 0 Å². The molecule has 1 saturated heterocycles. The molecule has 88 valence electrons. The Bertz CT molecular complexity index is 491. The highest BCUT2D eigenvalue weighted by Crippen LogP contribution is 2.27. The molecule has 0 radical (unpaired) electrons. The fraction of sp³-hybridized carbons (Fsp3) is 0.556. The number of nitrogens with one attached hydrogen (secondary N) is 1. The molecular weight excluding hydrogens is 232 g/mol. The van der Waals surface area contributed by atoms with E-state index in [2.05, 4.69) is 10.2 Å². The zero-order valence-electron chi connectivity index (χ0n) is 8.51. The number of aromatic nitrogens is 2. The van der Waals surface area contributed by atoms with Crippen molar-refractivity contribution >= 4 is 15.8 Å². The van der Waals surface area contributed by atoms with Gasteiger partial charge in [-0.2, -0.15) is 5.10 Å². The summed E-state index contributed by atoms with van der Waals surface area (Å²) in [5.74, 6) is -0.673. The molecule has 0 bridgehead atoms. The Kier molecular flexibility index (Phi) is 2.71. The number of carbonyl (C=O) groups is 1. The number of aromatic amines is 1. The maximum Gasteiger partial charge on any atom is 0.356 e. The number of carboxylic acid groups (broad SMARTS) is 1. The monoisotopic (exact) mass is 244 g/mol. The van der Waals surface area contributed by atoms with E-state index >= 15 is 0 Å². The minimum absolute atomic E-state index is 0.0246. The molecule has 2 heterocycles. The minimum Gasteiger partial charge on any atom is -0.476 e. The number of rotatable bonds is 2. The largest absolute Gasteiger partial charge is 0.476 e. The van der Waals surface area contributed by atoms with E-state index in [1.54, 1.807) is 0 Å². The van der Waals surface area contributed by atoms with E-state index in [-0.39, 0.29) is 23.1 Å². The Morgan fingerprint density at radius 1 is 1.44 bits per heavy atom. The van der Waals surface area contributed by atoms with E-state index < -0.39 is 15.8 Å². The summed E-state index contributed by atoms with van der Waals surface area (Å²) in [7, 11) is -2.88. The topological polar surface area (TPSA) is 100 Å². The van der Waals surface area contributed by atoms with Gasteiger partial charge in [0, 0.05) is 11.6 Å². The molecule has 1 aliphatic rings. The van der Waals surface area contributed by atoms with Gasteiger partial charge in [-0.25, -0.2) is 13.2 Å². The smallest absolute Gasteiger partial charge is 0.356 e. The molecule has 6 nitrogen and oxygen atoms in total. The highest BCUT2D eigenvalue weighted by molar-refractivity contribution is 7.91. The zero-order valence-corrected chi connectivity index (χ0v) is 9.33. The molecule has 2 rings (SSSR count). The van der Waals surface area contributed by atoms with Crippen molar-refractivity contribution in [2.75, 3.05) is 11.5 Å². The first kappa shape index (κ1) is 11.1. The van der Waals surface area contributed by atoms with Crippen LogP contribution in [0.3, 0.4) is 0 Å². The van der Waals surface area contributed by atoms with Crippen LogP contribution in [0.2, 0.25) is 0 Å². The number of nitrogens with zero attached hydrogens (tertiary/aromatic N) is 1. The van der Waals surface area contributed by atoms with Gasteiger partial charge in [0.05, 0.1) is 11.5 Å². The normalized spacial score (nSPS) is 20.8. The van der Waals surface area contributed by atoms with E-state index in [1.165, 1.54) is 6.07 Å². The van der Waals surface area contributed by atoms with Crippen LogP contribution in [0.5, 0.6) is 0 Å². The number of carboxylic acids is 1. The first-order chi connectivity index (χ1) is 7.48. The zero-order chi connectivity index (χ0) is 11.8. The summed E-state index contributed by atoms with van der Waals surface area (Å²) >= 11 is 0. The number of hydrogen-bond donors (Lipinski definition) is 2. The lowest BCUT2D eigenvalue weighted by Gasteiger charge is -2.20. The van der Waals surface area contributed by atoms with Gasteiger partial charge in [0.25, 0.3) is 0 Å². The fourth-order valence-electron chi connectivity index (χ4n) is 1.86. The molecule has 0 spiro atoms. The van der Waals surface area contributed by atoms with Crippen molar-refractivity contribution < 1.29 is 18.3 Å². The van der Waals surface area contributed by atoms with Crippen molar-refractivity contribution in [2.24, 2.45) is 0 Å². The summed E-state index contributed by atoms with van der Waals surface area (Å²) in [5.41, 5.74) is 0.690. The van der Waals surface area contributed by atoms with Gasteiger partial charge in [-0.05, 0) is 18.9 Å². The van der Waals surface area contributed by atoms with Gasteiger partial charge >= 0.3 is 5.97 Å².